The molecule has 0 aliphatic carbocycles. The van der Waals surface area contributed by atoms with Gasteiger partial charge in [0.25, 0.3) is 5.56 Å². The highest BCUT2D eigenvalue weighted by Gasteiger charge is 2.14. The van der Waals surface area contributed by atoms with Crippen molar-refractivity contribution in [2.75, 3.05) is 0 Å². The number of aromatic nitrogens is 2. The summed E-state index contributed by atoms with van der Waals surface area (Å²) in [7, 11) is 0. The number of phenols is 1. The first-order valence-electron chi connectivity index (χ1n) is 7.00. The van der Waals surface area contributed by atoms with Gasteiger partial charge >= 0.3 is 5.97 Å². The number of aromatic amines is 1. The largest absolute Gasteiger partial charge is 0.507 e. The Bertz CT molecular complexity index is 947. The van der Waals surface area contributed by atoms with Gasteiger partial charge in [-0.15, -0.1) is 0 Å². The molecule has 0 bridgehead atoms. The summed E-state index contributed by atoms with van der Waals surface area (Å²) in [6.07, 6.45) is 0. The van der Waals surface area contributed by atoms with Crippen molar-refractivity contribution < 1.29 is 14.6 Å². The van der Waals surface area contributed by atoms with Crippen LogP contribution in [0.15, 0.2) is 47.3 Å². The summed E-state index contributed by atoms with van der Waals surface area (Å²) in [5.41, 5.74) is 0.894. The third-order valence-electron chi connectivity index (χ3n) is 3.46. The summed E-state index contributed by atoms with van der Waals surface area (Å²) >= 11 is 0. The van der Waals surface area contributed by atoms with Crippen LogP contribution in [0.1, 0.15) is 21.7 Å². The van der Waals surface area contributed by atoms with E-state index in [4.69, 9.17) is 4.74 Å². The fourth-order valence-corrected chi connectivity index (χ4v) is 2.24. The molecule has 6 heteroatoms. The number of hydrogen-bond donors (Lipinski definition) is 2. The molecule has 23 heavy (non-hydrogen) atoms. The number of nitrogens with one attached hydrogen (secondary N) is 1. The molecular weight excluding hydrogens is 296 g/mol. The van der Waals surface area contributed by atoms with Gasteiger partial charge < -0.3 is 14.8 Å². The average molecular weight is 310 g/mol. The van der Waals surface area contributed by atoms with E-state index in [0.29, 0.717) is 16.5 Å². The smallest absolute Gasteiger partial charge is 0.342 e. The second-order valence-corrected chi connectivity index (χ2v) is 5.08. The summed E-state index contributed by atoms with van der Waals surface area (Å²) in [5, 5.41) is 10.3. The molecule has 2 aromatic carbocycles. The topological polar surface area (TPSA) is 92.3 Å². The number of fused-ring (bicyclic) bond motifs is 1. The standard InChI is InChI=1S/C17H14N2O4/c1-10-5-4-7-12(15(10)20)17(22)23-9-14-18-13-8-3-2-6-11(13)16(21)19-14/h2-8,20H,9H2,1H3,(H,18,19,21). The number of para-hydroxylation sites is 2. The highest BCUT2D eigenvalue weighted by atomic mass is 16.5. The number of esters is 1. The maximum atomic E-state index is 12.0. The molecule has 0 atom stereocenters. The van der Waals surface area contributed by atoms with Gasteiger partial charge in [0.1, 0.15) is 23.7 Å². The van der Waals surface area contributed by atoms with Gasteiger partial charge in [-0.2, -0.15) is 0 Å². The average Bonchev–Trinajstić information content (AvgIpc) is 2.55. The van der Waals surface area contributed by atoms with Gasteiger partial charge in [0.15, 0.2) is 0 Å². The van der Waals surface area contributed by atoms with E-state index in [1.807, 2.05) is 0 Å². The minimum absolute atomic E-state index is 0.0770. The van der Waals surface area contributed by atoms with Crippen molar-refractivity contribution in [3.8, 4) is 5.75 Å². The van der Waals surface area contributed by atoms with Crippen LogP contribution in [0.5, 0.6) is 5.75 Å². The van der Waals surface area contributed by atoms with Gasteiger partial charge in [-0.25, -0.2) is 9.78 Å². The normalized spacial score (nSPS) is 10.7. The molecule has 0 amide bonds. The highest BCUT2D eigenvalue weighted by molar-refractivity contribution is 5.92. The Morgan fingerprint density at radius 2 is 2.00 bits per heavy atom. The summed E-state index contributed by atoms with van der Waals surface area (Å²) in [4.78, 5) is 30.8. The van der Waals surface area contributed by atoms with E-state index in [0.717, 1.165) is 0 Å². The lowest BCUT2D eigenvalue weighted by molar-refractivity contribution is 0.0459. The number of aromatic hydroxyl groups is 1. The van der Waals surface area contributed by atoms with Crippen LogP contribution < -0.4 is 5.56 Å². The molecule has 0 unspecified atom stereocenters. The van der Waals surface area contributed by atoms with Crippen LogP contribution in [0.2, 0.25) is 0 Å². The molecule has 3 aromatic rings. The number of aryl methyl sites for hydroxylation is 1. The maximum absolute atomic E-state index is 12.0. The number of H-pyrrole nitrogens is 1. The molecule has 1 aromatic heterocycles. The summed E-state index contributed by atoms with van der Waals surface area (Å²) in [6, 6.07) is 11.7. The fourth-order valence-electron chi connectivity index (χ4n) is 2.24. The predicted octanol–water partition coefficient (Wildman–Crippen LogP) is 2.29. The monoisotopic (exact) mass is 310 g/mol. The second-order valence-electron chi connectivity index (χ2n) is 5.08. The Labute approximate surface area is 131 Å². The number of nitrogens with zero attached hydrogens (tertiary/aromatic N) is 1. The van der Waals surface area contributed by atoms with E-state index in [2.05, 4.69) is 9.97 Å². The van der Waals surface area contributed by atoms with Crippen molar-refractivity contribution in [1.29, 1.82) is 0 Å². The molecule has 1 heterocycles. The Kier molecular flexibility index (Phi) is 3.80. The van der Waals surface area contributed by atoms with Crippen molar-refractivity contribution in [2.45, 2.75) is 13.5 Å². The van der Waals surface area contributed by atoms with Crippen LogP contribution in [0.3, 0.4) is 0 Å². The van der Waals surface area contributed by atoms with E-state index in [9.17, 15) is 14.7 Å². The first-order valence-corrected chi connectivity index (χ1v) is 7.00. The van der Waals surface area contributed by atoms with E-state index < -0.39 is 5.97 Å². The Hall–Kier alpha value is -3.15. The molecular formula is C17H14N2O4. The number of carbonyl (C=O) groups is 1. The molecule has 0 aliphatic rings. The van der Waals surface area contributed by atoms with Crippen LogP contribution in [-0.4, -0.2) is 21.0 Å². The van der Waals surface area contributed by atoms with E-state index in [1.54, 1.807) is 43.3 Å². The Balaban J connectivity index is 1.82. The van der Waals surface area contributed by atoms with Gasteiger partial charge in [-0.05, 0) is 30.7 Å². The summed E-state index contributed by atoms with van der Waals surface area (Å²) in [5.74, 6) is -0.548. The molecule has 0 saturated heterocycles. The molecule has 0 aliphatic heterocycles. The van der Waals surface area contributed by atoms with Crippen LogP contribution in [0.25, 0.3) is 10.9 Å². The maximum Gasteiger partial charge on any atom is 0.342 e. The number of ether oxygens (including phenoxy) is 1. The van der Waals surface area contributed by atoms with Gasteiger partial charge in [-0.1, -0.05) is 24.3 Å². The van der Waals surface area contributed by atoms with Gasteiger partial charge in [-0.3, -0.25) is 4.79 Å². The number of benzene rings is 2. The summed E-state index contributed by atoms with van der Waals surface area (Å²) < 4.78 is 5.12. The molecule has 116 valence electrons. The summed E-state index contributed by atoms with van der Waals surface area (Å²) in [6.45, 7) is 1.50. The zero-order valence-electron chi connectivity index (χ0n) is 12.4. The van der Waals surface area contributed by atoms with Gasteiger partial charge in [0, 0.05) is 0 Å². The number of phenolic OH excluding ortho intramolecular Hbond substituents is 1. The fraction of sp³-hybridized carbons (Fsp3) is 0.118. The van der Waals surface area contributed by atoms with Gasteiger partial charge in [0.05, 0.1) is 10.9 Å². The molecule has 0 fully saturated rings. The minimum atomic E-state index is -0.679. The number of hydrogen-bond acceptors (Lipinski definition) is 5. The lowest BCUT2D eigenvalue weighted by atomic mass is 10.1. The third-order valence-corrected chi connectivity index (χ3v) is 3.46. The Morgan fingerprint density at radius 3 is 2.83 bits per heavy atom. The molecule has 2 N–H and O–H groups in total. The van der Waals surface area contributed by atoms with E-state index in [-0.39, 0.29) is 29.3 Å². The first-order chi connectivity index (χ1) is 11.1. The van der Waals surface area contributed by atoms with Gasteiger partial charge in [0.2, 0.25) is 0 Å². The van der Waals surface area contributed by atoms with Crippen LogP contribution in [0.4, 0.5) is 0 Å². The molecule has 0 spiro atoms. The van der Waals surface area contributed by atoms with E-state index >= 15 is 0 Å². The first kappa shape index (κ1) is 14.8. The highest BCUT2D eigenvalue weighted by Crippen LogP contribution is 2.22. The molecule has 0 radical (unpaired) electrons. The van der Waals surface area contributed by atoms with Crippen LogP contribution >= 0.6 is 0 Å². The SMILES string of the molecule is Cc1cccc(C(=O)OCc2nc3ccccc3c(=O)[nH]2)c1O. The molecule has 3 rings (SSSR count). The molecule has 6 nitrogen and oxygen atoms in total. The zero-order chi connectivity index (χ0) is 16.4. The number of rotatable bonds is 3. The molecule has 0 saturated carbocycles. The van der Waals surface area contributed by atoms with Crippen molar-refractivity contribution >= 4 is 16.9 Å². The third kappa shape index (κ3) is 2.91. The lowest BCUT2D eigenvalue weighted by Crippen LogP contribution is -2.14. The van der Waals surface area contributed by atoms with Crippen molar-refractivity contribution in [3.05, 3.63) is 69.8 Å². The number of carbonyl (C=O) groups excluding carboxylic acids is 1. The van der Waals surface area contributed by atoms with Crippen LogP contribution in [-0.2, 0) is 11.3 Å². The quantitative estimate of drug-likeness (QED) is 0.724. The van der Waals surface area contributed by atoms with E-state index in [1.165, 1.54) is 6.07 Å². The van der Waals surface area contributed by atoms with Crippen LogP contribution in [0, 0.1) is 6.92 Å². The predicted molar refractivity (Wildman–Crippen MR) is 84.3 cm³/mol. The minimum Gasteiger partial charge on any atom is -0.507 e. The Morgan fingerprint density at radius 1 is 1.22 bits per heavy atom. The second kappa shape index (κ2) is 5.92. The van der Waals surface area contributed by atoms with Crippen molar-refractivity contribution in [2.24, 2.45) is 0 Å². The van der Waals surface area contributed by atoms with Crippen molar-refractivity contribution in [3.63, 3.8) is 0 Å². The lowest BCUT2D eigenvalue weighted by Gasteiger charge is -2.08. The zero-order valence-corrected chi connectivity index (χ0v) is 12.4. The van der Waals surface area contributed by atoms with Crippen molar-refractivity contribution in [1.82, 2.24) is 9.97 Å².